The van der Waals surface area contributed by atoms with E-state index < -0.39 is 28.1 Å². The number of carboxylic acids is 1. The highest BCUT2D eigenvalue weighted by molar-refractivity contribution is 7.89. The quantitative estimate of drug-likeness (QED) is 0.268. The molecule has 0 saturated carbocycles. The van der Waals surface area contributed by atoms with Crippen LogP contribution in [0.5, 0.6) is 0 Å². The maximum Gasteiger partial charge on any atom is 0.424 e. The van der Waals surface area contributed by atoms with Crippen molar-refractivity contribution < 1.29 is 27.9 Å². The van der Waals surface area contributed by atoms with E-state index in [9.17, 15) is 23.1 Å². The molecule has 5 N–H and O–H groups in total. The predicted molar refractivity (Wildman–Crippen MR) is 139 cm³/mol. The third kappa shape index (κ3) is 5.30. The van der Waals surface area contributed by atoms with Gasteiger partial charge in [-0.1, -0.05) is 48.5 Å². The standard InChI is InChI=1S/C27H29N3O6S/c28-16-6-5-11-25(26(31)32)30(37(34,35)19-14-12-18(29)13-15-19)27(33)36-17-24-22-9-3-1-7-20(22)21-8-2-4-10-23(21)24/h1-4,7-10,12-15,24-25H,5-6,11,16-17,28-29H2,(H,31,32)/t25-/m0/s1. The van der Waals surface area contributed by atoms with E-state index in [4.69, 9.17) is 16.2 Å². The molecular formula is C27H29N3O6S. The molecule has 1 aliphatic rings. The Morgan fingerprint density at radius 3 is 2.03 bits per heavy atom. The summed E-state index contributed by atoms with van der Waals surface area (Å²) < 4.78 is 33.0. The van der Waals surface area contributed by atoms with Crippen LogP contribution < -0.4 is 11.5 Å². The highest BCUT2D eigenvalue weighted by Crippen LogP contribution is 2.44. The van der Waals surface area contributed by atoms with E-state index in [-0.39, 0.29) is 23.8 Å². The summed E-state index contributed by atoms with van der Waals surface area (Å²) in [5, 5.41) is 9.92. The van der Waals surface area contributed by atoms with E-state index in [2.05, 4.69) is 0 Å². The van der Waals surface area contributed by atoms with Crippen molar-refractivity contribution in [2.75, 3.05) is 18.9 Å². The van der Waals surface area contributed by atoms with Crippen LogP contribution in [-0.2, 0) is 19.6 Å². The zero-order valence-electron chi connectivity index (χ0n) is 20.1. The van der Waals surface area contributed by atoms with Crippen molar-refractivity contribution in [2.24, 2.45) is 5.73 Å². The number of amides is 1. The molecule has 0 radical (unpaired) electrons. The van der Waals surface area contributed by atoms with E-state index >= 15 is 0 Å². The minimum absolute atomic E-state index is 0.106. The van der Waals surface area contributed by atoms with Crippen LogP contribution in [0.4, 0.5) is 10.5 Å². The first-order chi connectivity index (χ1) is 17.8. The third-order valence-corrected chi connectivity index (χ3v) is 8.24. The predicted octanol–water partition coefficient (Wildman–Crippen LogP) is 3.79. The lowest BCUT2D eigenvalue weighted by molar-refractivity contribution is -0.141. The molecule has 0 unspecified atom stereocenters. The van der Waals surface area contributed by atoms with Crippen molar-refractivity contribution in [1.82, 2.24) is 4.31 Å². The smallest absolute Gasteiger partial charge is 0.424 e. The first kappa shape index (κ1) is 26.2. The van der Waals surface area contributed by atoms with E-state index in [1.165, 1.54) is 24.3 Å². The Labute approximate surface area is 215 Å². The number of sulfonamides is 1. The summed E-state index contributed by atoms with van der Waals surface area (Å²) >= 11 is 0. The summed E-state index contributed by atoms with van der Waals surface area (Å²) in [5.74, 6) is -1.78. The normalized spacial score (nSPS) is 13.4. The van der Waals surface area contributed by atoms with E-state index in [1.54, 1.807) is 0 Å². The van der Waals surface area contributed by atoms with Gasteiger partial charge in [0.1, 0.15) is 12.6 Å². The molecule has 9 nitrogen and oxygen atoms in total. The molecule has 1 atom stereocenters. The molecule has 4 rings (SSSR count). The first-order valence-electron chi connectivity index (χ1n) is 11.9. The summed E-state index contributed by atoms with van der Waals surface area (Å²) in [4.78, 5) is 25.3. The van der Waals surface area contributed by atoms with Gasteiger partial charge in [0.2, 0.25) is 0 Å². The van der Waals surface area contributed by atoms with Crippen LogP contribution in [0.1, 0.15) is 36.3 Å². The zero-order valence-corrected chi connectivity index (χ0v) is 20.9. The number of anilines is 1. The molecule has 0 fully saturated rings. The number of nitrogen functional groups attached to an aromatic ring is 1. The summed E-state index contributed by atoms with van der Waals surface area (Å²) in [6.07, 6.45) is -0.564. The maximum atomic E-state index is 13.6. The monoisotopic (exact) mass is 523 g/mol. The number of hydrogen-bond acceptors (Lipinski definition) is 7. The van der Waals surface area contributed by atoms with Crippen LogP contribution >= 0.6 is 0 Å². The molecule has 1 aliphatic carbocycles. The number of rotatable bonds is 10. The Morgan fingerprint density at radius 2 is 1.49 bits per heavy atom. The largest absolute Gasteiger partial charge is 0.480 e. The van der Waals surface area contributed by atoms with Crippen LogP contribution in [0.15, 0.2) is 77.7 Å². The van der Waals surface area contributed by atoms with Gasteiger partial charge in [-0.3, -0.25) is 0 Å². The molecule has 0 aliphatic heterocycles. The van der Waals surface area contributed by atoms with Gasteiger partial charge in [-0.25, -0.2) is 18.0 Å². The topological polar surface area (TPSA) is 153 Å². The van der Waals surface area contributed by atoms with Gasteiger partial charge in [-0.05, 0) is 72.3 Å². The van der Waals surface area contributed by atoms with Gasteiger partial charge in [0.05, 0.1) is 4.90 Å². The number of carbonyl (C=O) groups excluding carboxylic acids is 1. The molecule has 3 aromatic carbocycles. The molecule has 37 heavy (non-hydrogen) atoms. The summed E-state index contributed by atoms with van der Waals surface area (Å²) in [6.45, 7) is 0.151. The number of nitrogens with two attached hydrogens (primary N) is 2. The minimum Gasteiger partial charge on any atom is -0.480 e. The first-order valence-corrected chi connectivity index (χ1v) is 13.4. The molecule has 10 heteroatoms. The number of hydrogen-bond donors (Lipinski definition) is 3. The number of aliphatic carboxylic acids is 1. The summed E-state index contributed by atoms with van der Waals surface area (Å²) in [5.41, 5.74) is 15.5. The van der Waals surface area contributed by atoms with Crippen molar-refractivity contribution in [3.63, 3.8) is 0 Å². The molecule has 0 spiro atoms. The zero-order chi connectivity index (χ0) is 26.6. The molecule has 3 aromatic rings. The number of carboxylic acid groups (broad SMARTS) is 1. The lowest BCUT2D eigenvalue weighted by Crippen LogP contribution is -2.49. The molecule has 194 valence electrons. The van der Waals surface area contributed by atoms with Crippen LogP contribution in [-0.4, -0.2) is 49.1 Å². The number of fused-ring (bicyclic) bond motifs is 3. The van der Waals surface area contributed by atoms with Gasteiger partial charge >= 0.3 is 12.1 Å². The second kappa shape index (κ2) is 11.0. The van der Waals surface area contributed by atoms with Crippen LogP contribution in [0.25, 0.3) is 11.1 Å². The number of benzene rings is 3. The molecule has 0 aromatic heterocycles. The van der Waals surface area contributed by atoms with Crippen LogP contribution in [0.3, 0.4) is 0 Å². The number of nitrogens with zero attached hydrogens (tertiary/aromatic N) is 1. The Balaban J connectivity index is 1.66. The molecule has 1 amide bonds. The van der Waals surface area contributed by atoms with Crippen molar-refractivity contribution in [3.05, 3.63) is 83.9 Å². The van der Waals surface area contributed by atoms with Gasteiger partial charge in [0, 0.05) is 11.6 Å². The molecule has 0 heterocycles. The highest BCUT2D eigenvalue weighted by Gasteiger charge is 2.41. The van der Waals surface area contributed by atoms with Gasteiger partial charge in [0.25, 0.3) is 10.0 Å². The molecule has 0 bridgehead atoms. The second-order valence-electron chi connectivity index (χ2n) is 8.81. The fraction of sp³-hybridized carbons (Fsp3) is 0.259. The summed E-state index contributed by atoms with van der Waals surface area (Å²) in [6, 6.07) is 19.0. The summed E-state index contributed by atoms with van der Waals surface area (Å²) in [7, 11) is -4.57. The van der Waals surface area contributed by atoms with Gasteiger partial charge in [-0.15, -0.1) is 0 Å². The maximum absolute atomic E-state index is 13.6. The average Bonchev–Trinajstić information content (AvgIpc) is 3.20. The Bertz CT molecular complexity index is 1350. The second-order valence-corrected chi connectivity index (χ2v) is 10.6. The Hall–Kier alpha value is -3.89. The SMILES string of the molecule is NCCCC[C@@H](C(=O)O)N(C(=O)OCC1c2ccccc2-c2ccccc21)S(=O)(=O)c1ccc(N)cc1. The number of unbranched alkanes of at least 4 members (excludes halogenated alkanes) is 1. The van der Waals surface area contributed by atoms with Crippen LogP contribution in [0.2, 0.25) is 0 Å². The van der Waals surface area contributed by atoms with Crippen LogP contribution in [0, 0.1) is 0 Å². The number of carbonyl (C=O) groups is 2. The van der Waals surface area contributed by atoms with Gasteiger partial charge in [-0.2, -0.15) is 4.31 Å². The lowest BCUT2D eigenvalue weighted by atomic mass is 9.98. The van der Waals surface area contributed by atoms with Crippen molar-refractivity contribution >= 4 is 27.8 Å². The van der Waals surface area contributed by atoms with Crippen molar-refractivity contribution in [2.45, 2.75) is 36.1 Å². The molecular weight excluding hydrogens is 494 g/mol. The van der Waals surface area contributed by atoms with Gasteiger partial charge < -0.3 is 21.3 Å². The fourth-order valence-corrected chi connectivity index (χ4v) is 6.11. The minimum atomic E-state index is -4.57. The Kier molecular flexibility index (Phi) is 7.80. The lowest BCUT2D eigenvalue weighted by Gasteiger charge is -2.28. The van der Waals surface area contributed by atoms with Gasteiger partial charge in [0.15, 0.2) is 0 Å². The fourth-order valence-electron chi connectivity index (χ4n) is 4.63. The average molecular weight is 524 g/mol. The number of ether oxygens (including phenoxy) is 1. The highest BCUT2D eigenvalue weighted by atomic mass is 32.2. The molecule has 0 saturated heterocycles. The van der Waals surface area contributed by atoms with E-state index in [0.29, 0.717) is 29.4 Å². The van der Waals surface area contributed by atoms with Crippen molar-refractivity contribution in [3.8, 4) is 11.1 Å². The third-order valence-electron chi connectivity index (χ3n) is 6.45. The van der Waals surface area contributed by atoms with E-state index in [0.717, 1.165) is 22.3 Å². The van der Waals surface area contributed by atoms with E-state index in [1.807, 2.05) is 48.5 Å². The Morgan fingerprint density at radius 1 is 0.919 bits per heavy atom. The van der Waals surface area contributed by atoms with Crippen molar-refractivity contribution in [1.29, 1.82) is 0 Å².